The Kier molecular flexibility index (Phi) is 6.75. The first-order valence-electron chi connectivity index (χ1n) is 6.82. The molecule has 0 spiro atoms. The lowest BCUT2D eigenvalue weighted by Gasteiger charge is -2.06. The Morgan fingerprint density at radius 3 is 2.36 bits per heavy atom. The zero-order valence-corrected chi connectivity index (χ0v) is 15.0. The Morgan fingerprint density at radius 1 is 1.16 bits per heavy atom. The Labute approximate surface area is 158 Å². The average molecular weight is 403 g/mol. The summed E-state index contributed by atoms with van der Waals surface area (Å²) in [6.07, 6.45) is 1.21. The van der Waals surface area contributed by atoms with Crippen LogP contribution in [-0.4, -0.2) is 17.9 Å². The summed E-state index contributed by atoms with van der Waals surface area (Å²) >= 11 is 17.8. The molecule has 25 heavy (non-hydrogen) atoms. The summed E-state index contributed by atoms with van der Waals surface area (Å²) in [7, 11) is 0. The first-order valence-corrected chi connectivity index (χ1v) is 7.95. The molecule has 9 heteroatoms. The lowest BCUT2D eigenvalue weighted by Crippen LogP contribution is -2.04. The van der Waals surface area contributed by atoms with Crippen molar-refractivity contribution in [3.63, 3.8) is 0 Å². The highest BCUT2D eigenvalue weighted by Gasteiger charge is 2.08. The summed E-state index contributed by atoms with van der Waals surface area (Å²) in [6, 6.07) is 7.91. The molecule has 1 N–H and O–H groups in total. The van der Waals surface area contributed by atoms with Crippen molar-refractivity contribution in [1.29, 1.82) is 0 Å². The van der Waals surface area contributed by atoms with Crippen LogP contribution in [0.5, 0.6) is 0 Å². The van der Waals surface area contributed by atoms with Gasteiger partial charge in [0.1, 0.15) is 5.82 Å². The molecule has 2 rings (SSSR count). The van der Waals surface area contributed by atoms with Gasteiger partial charge >= 0.3 is 5.97 Å². The molecule has 0 aliphatic rings. The molecule has 0 saturated heterocycles. The van der Waals surface area contributed by atoms with E-state index in [0.717, 1.165) is 12.1 Å². The number of hydrazone groups is 1. The van der Waals surface area contributed by atoms with Gasteiger partial charge in [0, 0.05) is 5.02 Å². The van der Waals surface area contributed by atoms with Crippen molar-refractivity contribution < 1.29 is 14.0 Å². The number of carbonyl (C=O) groups is 1. The summed E-state index contributed by atoms with van der Waals surface area (Å²) in [5, 5.41) is 8.50. The molecule has 130 valence electrons. The van der Waals surface area contributed by atoms with Gasteiger partial charge in [-0.1, -0.05) is 40.0 Å². The number of carbonyl (C=O) groups excluding carboxylic acids is 1. The Balaban J connectivity index is 1.96. The van der Waals surface area contributed by atoms with Crippen LogP contribution in [0.2, 0.25) is 15.1 Å². The maximum absolute atomic E-state index is 12.8. The Hall–Kier alpha value is -2.15. The second-order valence-electron chi connectivity index (χ2n) is 4.73. The number of rotatable bonds is 5. The zero-order valence-electron chi connectivity index (χ0n) is 12.8. The van der Waals surface area contributed by atoms with Gasteiger partial charge in [-0.15, -0.1) is 0 Å². The van der Waals surface area contributed by atoms with Gasteiger partial charge in [-0.25, -0.2) is 9.18 Å². The van der Waals surface area contributed by atoms with Crippen LogP contribution in [-0.2, 0) is 4.84 Å². The number of nitrogens with zero attached hydrogens (tertiary/aromatic N) is 2. The molecule has 0 heterocycles. The molecule has 2 aromatic carbocycles. The number of nitrogens with one attached hydrogen (secondary N) is 1. The van der Waals surface area contributed by atoms with Crippen molar-refractivity contribution in [3.8, 4) is 0 Å². The number of hydrogen-bond donors (Lipinski definition) is 1. The predicted molar refractivity (Wildman–Crippen MR) is 98.5 cm³/mol. The fraction of sp³-hybridized carbons (Fsp3) is 0.0625. The van der Waals surface area contributed by atoms with E-state index in [4.69, 9.17) is 34.8 Å². The molecule has 0 unspecified atom stereocenters. The predicted octanol–water partition coefficient (Wildman–Crippen LogP) is 5.42. The normalized spacial score (nSPS) is 11.6. The average Bonchev–Trinajstić information content (AvgIpc) is 2.54. The molecule has 0 aliphatic heterocycles. The SMILES string of the molecule is CC(C=NOC(=O)c1ccc(F)cc1)=NNc1c(Cl)cc(Cl)cc1Cl. The van der Waals surface area contributed by atoms with Crippen molar-refractivity contribution >= 4 is 58.4 Å². The Morgan fingerprint density at radius 2 is 1.76 bits per heavy atom. The maximum atomic E-state index is 12.8. The van der Waals surface area contributed by atoms with Crippen LogP contribution in [0.15, 0.2) is 46.7 Å². The highest BCUT2D eigenvalue weighted by Crippen LogP contribution is 2.33. The fourth-order valence-corrected chi connectivity index (χ4v) is 2.51. The third-order valence-electron chi connectivity index (χ3n) is 2.81. The molecule has 0 saturated carbocycles. The van der Waals surface area contributed by atoms with Gasteiger partial charge in [0.2, 0.25) is 0 Å². The maximum Gasteiger partial charge on any atom is 0.365 e. The molecular formula is C16H11Cl3FN3O2. The Bertz CT molecular complexity index is 816. The molecule has 5 nitrogen and oxygen atoms in total. The summed E-state index contributed by atoms with van der Waals surface area (Å²) < 4.78 is 12.8. The van der Waals surface area contributed by atoms with Crippen LogP contribution in [0.25, 0.3) is 0 Å². The van der Waals surface area contributed by atoms with Gasteiger partial charge < -0.3 is 4.84 Å². The quantitative estimate of drug-likeness (QED) is 0.413. The number of oxime groups is 1. The highest BCUT2D eigenvalue weighted by molar-refractivity contribution is 6.41. The largest absolute Gasteiger partial charge is 0.365 e. The first-order chi connectivity index (χ1) is 11.9. The third-order valence-corrected chi connectivity index (χ3v) is 3.62. The second-order valence-corrected chi connectivity index (χ2v) is 5.98. The van der Waals surface area contributed by atoms with Crippen LogP contribution >= 0.6 is 34.8 Å². The zero-order chi connectivity index (χ0) is 18.4. The number of halogens is 4. The first kappa shape index (κ1) is 19.2. The van der Waals surface area contributed by atoms with Crippen LogP contribution < -0.4 is 5.43 Å². The van der Waals surface area contributed by atoms with Gasteiger partial charge in [-0.05, 0) is 43.3 Å². The van der Waals surface area contributed by atoms with Crippen molar-refractivity contribution in [2.24, 2.45) is 10.3 Å². The van der Waals surface area contributed by atoms with Gasteiger partial charge in [0.15, 0.2) is 0 Å². The second kappa shape index (κ2) is 8.80. The van der Waals surface area contributed by atoms with E-state index >= 15 is 0 Å². The van der Waals surface area contributed by atoms with E-state index in [1.807, 2.05) is 0 Å². The molecule has 0 aromatic heterocycles. The van der Waals surface area contributed by atoms with Gasteiger partial charge in [0.25, 0.3) is 0 Å². The highest BCUT2D eigenvalue weighted by atomic mass is 35.5. The number of hydrogen-bond acceptors (Lipinski definition) is 5. The number of anilines is 1. The van der Waals surface area contributed by atoms with Crippen LogP contribution in [0.1, 0.15) is 17.3 Å². The van der Waals surface area contributed by atoms with Gasteiger partial charge in [-0.3, -0.25) is 5.43 Å². The van der Waals surface area contributed by atoms with E-state index in [9.17, 15) is 9.18 Å². The van der Waals surface area contributed by atoms with Crippen LogP contribution in [0, 0.1) is 5.82 Å². The van der Waals surface area contributed by atoms with Crippen molar-refractivity contribution in [1.82, 2.24) is 0 Å². The van der Waals surface area contributed by atoms with Gasteiger partial charge in [-0.2, -0.15) is 5.10 Å². The van der Waals surface area contributed by atoms with E-state index in [0.29, 0.717) is 26.5 Å². The molecule has 2 aromatic rings. The van der Waals surface area contributed by atoms with Crippen LogP contribution in [0.4, 0.5) is 10.1 Å². The summed E-state index contributed by atoms with van der Waals surface area (Å²) in [4.78, 5) is 16.4. The molecule has 0 atom stereocenters. The van der Waals surface area contributed by atoms with Crippen molar-refractivity contribution in [2.75, 3.05) is 5.43 Å². The lowest BCUT2D eigenvalue weighted by molar-refractivity contribution is 0.0520. The molecule has 0 amide bonds. The minimum atomic E-state index is -0.721. The molecule has 0 fully saturated rings. The lowest BCUT2D eigenvalue weighted by atomic mass is 10.2. The van der Waals surface area contributed by atoms with Gasteiger partial charge in [0.05, 0.1) is 33.2 Å². The molecule has 0 bridgehead atoms. The molecule has 0 radical (unpaired) electrons. The minimum absolute atomic E-state index is 0.172. The summed E-state index contributed by atoms with van der Waals surface area (Å²) in [6.45, 7) is 1.61. The standard InChI is InChI=1S/C16H11Cl3FN3O2/c1-9(22-23-15-13(18)6-11(17)7-14(15)19)8-21-25-16(24)10-2-4-12(20)5-3-10/h2-8,23H,1H3. The smallest absolute Gasteiger partial charge is 0.313 e. The fourth-order valence-electron chi connectivity index (χ4n) is 1.61. The van der Waals surface area contributed by atoms with Crippen molar-refractivity contribution in [3.05, 3.63) is 62.8 Å². The van der Waals surface area contributed by atoms with Crippen LogP contribution in [0.3, 0.4) is 0 Å². The summed E-state index contributed by atoms with van der Waals surface area (Å²) in [5.41, 5.74) is 3.61. The number of benzene rings is 2. The van der Waals surface area contributed by atoms with Crippen molar-refractivity contribution in [2.45, 2.75) is 6.92 Å². The molecular weight excluding hydrogens is 392 g/mol. The topological polar surface area (TPSA) is 63.0 Å². The summed E-state index contributed by atoms with van der Waals surface area (Å²) in [5.74, 6) is -1.17. The van der Waals surface area contributed by atoms with E-state index in [-0.39, 0.29) is 5.56 Å². The monoisotopic (exact) mass is 401 g/mol. The van der Waals surface area contributed by atoms with E-state index in [2.05, 4.69) is 20.5 Å². The molecule has 0 aliphatic carbocycles. The third kappa shape index (κ3) is 5.70. The van der Waals surface area contributed by atoms with E-state index < -0.39 is 11.8 Å². The van der Waals surface area contributed by atoms with E-state index in [1.165, 1.54) is 30.5 Å². The van der Waals surface area contributed by atoms with E-state index in [1.54, 1.807) is 6.92 Å². The minimum Gasteiger partial charge on any atom is -0.313 e.